The number of rotatable bonds is 5. The van der Waals surface area contributed by atoms with Crippen molar-refractivity contribution in [2.75, 3.05) is 6.54 Å². The Balaban J connectivity index is 1.41. The molecule has 2 aromatic heterocycles. The Morgan fingerprint density at radius 2 is 2.19 bits per heavy atom. The summed E-state index contributed by atoms with van der Waals surface area (Å²) in [7, 11) is 0. The largest absolute Gasteiger partial charge is 0.387 e. The zero-order valence-corrected chi connectivity index (χ0v) is 15.6. The fourth-order valence-electron chi connectivity index (χ4n) is 3.58. The lowest BCUT2D eigenvalue weighted by atomic mass is 10.2. The predicted molar refractivity (Wildman–Crippen MR) is 102 cm³/mol. The van der Waals surface area contributed by atoms with Crippen LogP contribution in [0.15, 0.2) is 30.3 Å². The van der Waals surface area contributed by atoms with Gasteiger partial charge in [-0.05, 0) is 31.0 Å². The molecule has 1 aliphatic rings. The summed E-state index contributed by atoms with van der Waals surface area (Å²) in [6.07, 6.45) is 1.99. The first-order valence-electron chi connectivity index (χ1n) is 9.60. The summed E-state index contributed by atoms with van der Waals surface area (Å²) in [6.45, 7) is 3.98. The number of aromatic nitrogens is 4. The Kier molecular flexibility index (Phi) is 4.94. The van der Waals surface area contributed by atoms with Crippen LogP contribution in [-0.2, 0) is 24.3 Å². The van der Waals surface area contributed by atoms with Crippen LogP contribution in [0.25, 0.3) is 11.0 Å². The molecule has 3 heterocycles. The van der Waals surface area contributed by atoms with Crippen LogP contribution in [0.5, 0.6) is 0 Å². The van der Waals surface area contributed by atoms with Crippen molar-refractivity contribution in [3.63, 3.8) is 0 Å². The summed E-state index contributed by atoms with van der Waals surface area (Å²) in [6, 6.07) is 9.82. The monoisotopic (exact) mass is 367 g/mol. The van der Waals surface area contributed by atoms with Crippen LogP contribution in [0.2, 0.25) is 0 Å². The molecular weight excluding hydrogens is 342 g/mol. The van der Waals surface area contributed by atoms with E-state index in [1.807, 2.05) is 46.8 Å². The van der Waals surface area contributed by atoms with E-state index < -0.39 is 6.10 Å². The fourth-order valence-corrected chi connectivity index (χ4v) is 3.58. The average Bonchev–Trinajstić information content (AvgIpc) is 3.23. The number of carbonyl (C=O) groups is 1. The van der Waals surface area contributed by atoms with E-state index in [0.29, 0.717) is 31.5 Å². The van der Waals surface area contributed by atoms with Crippen molar-refractivity contribution in [2.45, 2.75) is 51.8 Å². The molecule has 0 saturated heterocycles. The number of aliphatic hydroxyl groups is 1. The van der Waals surface area contributed by atoms with Crippen LogP contribution >= 0.6 is 0 Å². The number of fused-ring (bicyclic) bond motifs is 2. The first-order chi connectivity index (χ1) is 13.1. The van der Waals surface area contributed by atoms with E-state index in [2.05, 4.69) is 15.1 Å². The molecule has 0 aliphatic carbocycles. The van der Waals surface area contributed by atoms with Crippen molar-refractivity contribution in [1.82, 2.24) is 24.6 Å². The smallest absolute Gasteiger partial charge is 0.223 e. The molecule has 2 N–H and O–H groups in total. The number of benzene rings is 1. The number of aromatic amines is 1. The Morgan fingerprint density at radius 3 is 3.00 bits per heavy atom. The lowest BCUT2D eigenvalue weighted by Crippen LogP contribution is -2.30. The predicted octanol–water partition coefficient (Wildman–Crippen LogP) is 2.57. The van der Waals surface area contributed by atoms with Gasteiger partial charge in [0.25, 0.3) is 0 Å². The number of hydrogen-bond donors (Lipinski definition) is 2. The number of amides is 1. The van der Waals surface area contributed by atoms with E-state index in [9.17, 15) is 9.90 Å². The van der Waals surface area contributed by atoms with Gasteiger partial charge in [0.1, 0.15) is 5.82 Å². The third-order valence-corrected chi connectivity index (χ3v) is 5.13. The van der Waals surface area contributed by atoms with Crippen molar-refractivity contribution in [3.8, 4) is 0 Å². The van der Waals surface area contributed by atoms with Gasteiger partial charge in [-0.2, -0.15) is 5.10 Å². The van der Waals surface area contributed by atoms with Crippen LogP contribution < -0.4 is 0 Å². The van der Waals surface area contributed by atoms with Gasteiger partial charge in [0, 0.05) is 25.9 Å². The maximum absolute atomic E-state index is 12.8. The number of imidazole rings is 1. The Hall–Kier alpha value is -2.67. The Bertz CT molecular complexity index is 912. The lowest BCUT2D eigenvalue weighted by Gasteiger charge is -2.19. The standard InChI is InChI=1S/C20H25N5O2/c1-2-18(26)17-12-14-13-24(10-5-11-25(14)23-17)20(27)9-8-19-21-15-6-3-4-7-16(15)22-19/h3-4,6-7,12,18,26H,2,5,8-11,13H2,1H3,(H,21,22). The normalized spacial score (nSPS) is 15.6. The summed E-state index contributed by atoms with van der Waals surface area (Å²) in [5.41, 5.74) is 3.62. The van der Waals surface area contributed by atoms with E-state index in [1.54, 1.807) is 0 Å². The van der Waals surface area contributed by atoms with E-state index in [4.69, 9.17) is 0 Å². The van der Waals surface area contributed by atoms with Crippen molar-refractivity contribution in [2.24, 2.45) is 0 Å². The summed E-state index contributed by atoms with van der Waals surface area (Å²) >= 11 is 0. The van der Waals surface area contributed by atoms with Crippen molar-refractivity contribution >= 4 is 16.9 Å². The van der Waals surface area contributed by atoms with E-state index in [1.165, 1.54) is 0 Å². The van der Waals surface area contributed by atoms with Gasteiger partial charge in [0.2, 0.25) is 5.91 Å². The number of nitrogens with one attached hydrogen (secondary N) is 1. The molecule has 7 nitrogen and oxygen atoms in total. The molecule has 1 amide bonds. The number of para-hydroxylation sites is 2. The molecule has 7 heteroatoms. The maximum atomic E-state index is 12.8. The number of nitrogens with zero attached hydrogens (tertiary/aromatic N) is 4. The van der Waals surface area contributed by atoms with Crippen molar-refractivity contribution in [3.05, 3.63) is 47.5 Å². The first-order valence-corrected chi connectivity index (χ1v) is 9.60. The molecular formula is C20H25N5O2. The van der Waals surface area contributed by atoms with Gasteiger partial charge in [0.15, 0.2) is 0 Å². The summed E-state index contributed by atoms with van der Waals surface area (Å²) < 4.78 is 1.93. The molecule has 4 rings (SSSR count). The first kappa shape index (κ1) is 17.7. The number of carbonyl (C=O) groups excluding carboxylic acids is 1. The fraction of sp³-hybridized carbons (Fsp3) is 0.450. The minimum absolute atomic E-state index is 0.127. The molecule has 1 aliphatic heterocycles. The van der Waals surface area contributed by atoms with Crippen LogP contribution in [0.3, 0.4) is 0 Å². The minimum atomic E-state index is -0.540. The van der Waals surface area contributed by atoms with E-state index >= 15 is 0 Å². The zero-order valence-electron chi connectivity index (χ0n) is 15.6. The summed E-state index contributed by atoms with van der Waals surface area (Å²) in [4.78, 5) is 22.5. The number of hydrogen-bond acceptors (Lipinski definition) is 4. The minimum Gasteiger partial charge on any atom is -0.387 e. The van der Waals surface area contributed by atoms with Crippen molar-refractivity contribution in [1.29, 1.82) is 0 Å². The van der Waals surface area contributed by atoms with Gasteiger partial charge < -0.3 is 15.0 Å². The van der Waals surface area contributed by atoms with Crippen LogP contribution in [0.4, 0.5) is 0 Å². The second-order valence-corrected chi connectivity index (χ2v) is 7.08. The molecule has 0 bridgehead atoms. The highest BCUT2D eigenvalue weighted by atomic mass is 16.3. The highest BCUT2D eigenvalue weighted by Crippen LogP contribution is 2.20. The second kappa shape index (κ2) is 7.52. The third-order valence-electron chi connectivity index (χ3n) is 5.13. The van der Waals surface area contributed by atoms with Gasteiger partial charge in [-0.3, -0.25) is 9.48 Å². The average molecular weight is 367 g/mol. The molecule has 0 spiro atoms. The second-order valence-electron chi connectivity index (χ2n) is 7.08. The topological polar surface area (TPSA) is 87.0 Å². The highest BCUT2D eigenvalue weighted by Gasteiger charge is 2.22. The molecule has 0 saturated carbocycles. The molecule has 1 atom stereocenters. The zero-order chi connectivity index (χ0) is 18.8. The Morgan fingerprint density at radius 1 is 1.33 bits per heavy atom. The lowest BCUT2D eigenvalue weighted by molar-refractivity contribution is -0.131. The van der Waals surface area contributed by atoms with Gasteiger partial charge in [0.05, 0.1) is 35.1 Å². The van der Waals surface area contributed by atoms with Crippen LogP contribution in [0.1, 0.15) is 49.5 Å². The molecule has 142 valence electrons. The summed E-state index contributed by atoms with van der Waals surface area (Å²) in [5.74, 6) is 0.973. The quantitative estimate of drug-likeness (QED) is 0.726. The molecule has 1 aromatic carbocycles. The highest BCUT2D eigenvalue weighted by molar-refractivity contribution is 5.77. The van der Waals surface area contributed by atoms with Crippen molar-refractivity contribution < 1.29 is 9.90 Å². The third kappa shape index (κ3) is 3.73. The SMILES string of the molecule is CCC(O)c1cc2n(n1)CCCN(C(=O)CCc1nc3ccccc3[nH]1)C2. The van der Waals surface area contributed by atoms with Gasteiger partial charge in [-0.25, -0.2) is 4.98 Å². The van der Waals surface area contributed by atoms with Crippen LogP contribution in [-0.4, -0.2) is 42.2 Å². The van der Waals surface area contributed by atoms with E-state index in [0.717, 1.165) is 42.1 Å². The molecule has 0 radical (unpaired) electrons. The summed E-state index contributed by atoms with van der Waals surface area (Å²) in [5, 5.41) is 14.5. The number of aliphatic hydroxyl groups excluding tert-OH is 1. The van der Waals surface area contributed by atoms with Gasteiger partial charge in [-0.1, -0.05) is 19.1 Å². The maximum Gasteiger partial charge on any atom is 0.223 e. The van der Waals surface area contributed by atoms with Gasteiger partial charge in [-0.15, -0.1) is 0 Å². The molecule has 27 heavy (non-hydrogen) atoms. The Labute approximate surface area is 158 Å². The van der Waals surface area contributed by atoms with E-state index in [-0.39, 0.29) is 5.91 Å². The molecule has 0 fully saturated rings. The molecule has 3 aromatic rings. The number of aryl methyl sites for hydroxylation is 2. The van der Waals surface area contributed by atoms with Crippen LogP contribution in [0, 0.1) is 0 Å². The van der Waals surface area contributed by atoms with Gasteiger partial charge >= 0.3 is 0 Å². The molecule has 1 unspecified atom stereocenters. The number of H-pyrrole nitrogens is 1.